The van der Waals surface area contributed by atoms with Gasteiger partial charge in [-0.15, -0.1) is 0 Å². The van der Waals surface area contributed by atoms with Crippen LogP contribution in [0.25, 0.3) is 11.6 Å². The summed E-state index contributed by atoms with van der Waals surface area (Å²) < 4.78 is 8.59. The molecule has 124 valence electrons. The molecule has 0 saturated heterocycles. The van der Waals surface area contributed by atoms with Crippen LogP contribution in [0.4, 0.5) is 0 Å². The third kappa shape index (κ3) is 2.40. The molecule has 0 atom stereocenters. The zero-order valence-electron chi connectivity index (χ0n) is 13.8. The second-order valence-electron chi connectivity index (χ2n) is 6.35. The van der Waals surface area contributed by atoms with Crippen molar-refractivity contribution in [3.05, 3.63) is 51.9 Å². The van der Waals surface area contributed by atoms with Gasteiger partial charge in [-0.1, -0.05) is 39.6 Å². The number of hydrogen-bond acceptors (Lipinski definition) is 4. The van der Waals surface area contributed by atoms with Crippen molar-refractivity contribution >= 4 is 15.9 Å². The van der Waals surface area contributed by atoms with E-state index < -0.39 is 0 Å². The van der Waals surface area contributed by atoms with Crippen molar-refractivity contribution < 1.29 is 4.52 Å². The lowest BCUT2D eigenvalue weighted by Gasteiger charge is -2.39. The molecule has 0 N–H and O–H groups in total. The zero-order chi connectivity index (χ0) is 16.7. The van der Waals surface area contributed by atoms with Crippen molar-refractivity contribution in [2.45, 2.75) is 45.1 Å². The first-order valence-corrected chi connectivity index (χ1v) is 9.07. The highest BCUT2D eigenvalue weighted by atomic mass is 79.9. The normalized spacial score (nSPS) is 16.1. The highest BCUT2D eigenvalue weighted by molar-refractivity contribution is 9.10. The molecule has 24 heavy (non-hydrogen) atoms. The third-order valence-electron chi connectivity index (χ3n) is 4.88. The highest BCUT2D eigenvalue weighted by Gasteiger charge is 2.44. The van der Waals surface area contributed by atoms with Crippen molar-refractivity contribution in [1.82, 2.24) is 19.9 Å². The van der Waals surface area contributed by atoms with E-state index in [-0.39, 0.29) is 5.41 Å². The fourth-order valence-electron chi connectivity index (χ4n) is 3.42. The largest absolute Gasteiger partial charge is 0.332 e. The maximum Gasteiger partial charge on any atom is 0.276 e. The second kappa shape index (κ2) is 5.84. The van der Waals surface area contributed by atoms with E-state index in [0.717, 1.165) is 41.1 Å². The summed E-state index contributed by atoms with van der Waals surface area (Å²) in [5, 5.41) is 8.79. The number of rotatable bonds is 4. The molecule has 0 amide bonds. The molecule has 0 spiro atoms. The number of hydrogen-bond donors (Lipinski definition) is 0. The summed E-state index contributed by atoms with van der Waals surface area (Å²) in [6.45, 7) is 4.81. The molecule has 2 heterocycles. The lowest BCUT2D eigenvalue weighted by Crippen LogP contribution is -2.36. The van der Waals surface area contributed by atoms with Gasteiger partial charge in [0.25, 0.3) is 5.89 Å². The summed E-state index contributed by atoms with van der Waals surface area (Å²) in [4.78, 5) is 4.75. The first-order valence-electron chi connectivity index (χ1n) is 8.27. The van der Waals surface area contributed by atoms with E-state index in [2.05, 4.69) is 57.4 Å². The Hall–Kier alpha value is -1.95. The van der Waals surface area contributed by atoms with Crippen LogP contribution >= 0.6 is 15.9 Å². The molecule has 1 aliphatic rings. The maximum absolute atomic E-state index is 5.60. The van der Waals surface area contributed by atoms with E-state index >= 15 is 0 Å². The van der Waals surface area contributed by atoms with Gasteiger partial charge in [-0.3, -0.25) is 4.68 Å². The smallest absolute Gasteiger partial charge is 0.276 e. The molecule has 1 saturated carbocycles. The van der Waals surface area contributed by atoms with Crippen molar-refractivity contribution in [1.29, 1.82) is 0 Å². The molecule has 0 unspecified atom stereocenters. The Balaban J connectivity index is 1.74. The third-order valence-corrected chi connectivity index (χ3v) is 5.41. The number of aromatic nitrogens is 4. The number of halogens is 1. The van der Waals surface area contributed by atoms with Crippen molar-refractivity contribution in [2.24, 2.45) is 0 Å². The summed E-state index contributed by atoms with van der Waals surface area (Å²) in [7, 11) is 0. The Morgan fingerprint density at radius 3 is 2.62 bits per heavy atom. The molecule has 1 fully saturated rings. The molecule has 0 radical (unpaired) electrons. The fraction of sp³-hybridized carbons (Fsp3) is 0.389. The van der Waals surface area contributed by atoms with Crippen LogP contribution in [0, 0.1) is 6.92 Å². The molecule has 0 bridgehead atoms. The summed E-state index contributed by atoms with van der Waals surface area (Å²) in [5.41, 5.74) is 2.98. The Kier molecular flexibility index (Phi) is 3.79. The molecule has 5 nitrogen and oxygen atoms in total. The number of nitrogens with zero attached hydrogens (tertiary/aromatic N) is 4. The lowest BCUT2D eigenvalue weighted by molar-refractivity contribution is 0.273. The van der Waals surface area contributed by atoms with Crippen molar-refractivity contribution in [3.63, 3.8) is 0 Å². The van der Waals surface area contributed by atoms with Crippen LogP contribution in [-0.2, 0) is 12.0 Å². The van der Waals surface area contributed by atoms with Gasteiger partial charge in [0.15, 0.2) is 5.82 Å². The second-order valence-corrected chi connectivity index (χ2v) is 7.27. The molecule has 3 aromatic rings. The molecule has 1 aromatic carbocycles. The minimum Gasteiger partial charge on any atom is -0.332 e. The van der Waals surface area contributed by atoms with E-state index in [4.69, 9.17) is 9.51 Å². The quantitative estimate of drug-likeness (QED) is 0.662. The van der Waals surface area contributed by atoms with Crippen molar-refractivity contribution in [3.8, 4) is 11.6 Å². The van der Waals surface area contributed by atoms with E-state index in [0.29, 0.717) is 5.89 Å². The maximum atomic E-state index is 5.60. The SMILES string of the molecule is CCn1nc(C)cc1-c1nc(C2(c3ccc(Br)cc3)CCC2)no1. The van der Waals surface area contributed by atoms with Crippen LogP contribution in [0.1, 0.15) is 43.3 Å². The monoisotopic (exact) mass is 386 g/mol. The number of aryl methyl sites for hydroxylation is 2. The van der Waals surface area contributed by atoms with Gasteiger partial charge in [0.1, 0.15) is 5.69 Å². The summed E-state index contributed by atoms with van der Waals surface area (Å²) in [5.74, 6) is 1.34. The molecule has 0 aliphatic heterocycles. The molecule has 6 heteroatoms. The van der Waals surface area contributed by atoms with Gasteiger partial charge >= 0.3 is 0 Å². The molecular weight excluding hydrogens is 368 g/mol. The van der Waals surface area contributed by atoms with Gasteiger partial charge < -0.3 is 4.52 Å². The van der Waals surface area contributed by atoms with E-state index in [9.17, 15) is 0 Å². The van der Waals surface area contributed by atoms with Crippen molar-refractivity contribution in [2.75, 3.05) is 0 Å². The molecular formula is C18H19BrN4O. The Bertz CT molecular complexity index is 862. The minimum absolute atomic E-state index is 0.117. The highest BCUT2D eigenvalue weighted by Crippen LogP contribution is 2.48. The Morgan fingerprint density at radius 2 is 2.00 bits per heavy atom. The predicted molar refractivity (Wildman–Crippen MR) is 94.7 cm³/mol. The summed E-state index contributed by atoms with van der Waals surface area (Å²) in [6.07, 6.45) is 3.30. The average Bonchev–Trinajstić information content (AvgIpc) is 3.14. The molecule has 2 aromatic heterocycles. The fourth-order valence-corrected chi connectivity index (χ4v) is 3.69. The van der Waals surface area contributed by atoms with Crippen LogP contribution in [0.15, 0.2) is 39.3 Å². The molecule has 1 aliphatic carbocycles. The van der Waals surface area contributed by atoms with Gasteiger partial charge in [-0.2, -0.15) is 10.1 Å². The van der Waals surface area contributed by atoms with E-state index in [1.165, 1.54) is 12.0 Å². The Labute approximate surface area is 149 Å². The van der Waals surface area contributed by atoms with Gasteiger partial charge in [0.2, 0.25) is 0 Å². The van der Waals surface area contributed by atoms with Crippen LogP contribution in [0.5, 0.6) is 0 Å². The standard InChI is InChI=1S/C18H19BrN4O/c1-3-23-15(11-12(2)21-23)16-20-17(22-24-16)18(9-4-10-18)13-5-7-14(19)8-6-13/h5-8,11H,3-4,9-10H2,1-2H3. The van der Waals surface area contributed by atoms with Crippen LogP contribution in [-0.4, -0.2) is 19.9 Å². The minimum atomic E-state index is -0.117. The van der Waals surface area contributed by atoms with Gasteiger partial charge in [0, 0.05) is 11.0 Å². The lowest BCUT2D eigenvalue weighted by atomic mass is 9.64. The van der Waals surface area contributed by atoms with E-state index in [1.807, 2.05) is 17.7 Å². The number of benzene rings is 1. The summed E-state index contributed by atoms with van der Waals surface area (Å²) >= 11 is 3.50. The van der Waals surface area contributed by atoms with Gasteiger partial charge in [-0.25, -0.2) is 0 Å². The Morgan fingerprint density at radius 1 is 1.25 bits per heavy atom. The predicted octanol–water partition coefficient (Wildman–Crippen LogP) is 4.49. The zero-order valence-corrected chi connectivity index (χ0v) is 15.4. The average molecular weight is 387 g/mol. The van der Waals surface area contributed by atoms with Crippen LogP contribution < -0.4 is 0 Å². The topological polar surface area (TPSA) is 56.7 Å². The van der Waals surface area contributed by atoms with Crippen LogP contribution in [0.3, 0.4) is 0 Å². The first-order chi connectivity index (χ1) is 11.6. The summed E-state index contributed by atoms with van der Waals surface area (Å²) in [6, 6.07) is 10.4. The van der Waals surface area contributed by atoms with Crippen LogP contribution in [0.2, 0.25) is 0 Å². The van der Waals surface area contributed by atoms with Gasteiger partial charge in [0.05, 0.1) is 11.1 Å². The van der Waals surface area contributed by atoms with E-state index in [1.54, 1.807) is 0 Å². The van der Waals surface area contributed by atoms with Gasteiger partial charge in [-0.05, 0) is 50.5 Å². The first kappa shape index (κ1) is 15.6. The molecule has 4 rings (SSSR count).